The smallest absolute Gasteiger partial charge is 0.233 e. The van der Waals surface area contributed by atoms with E-state index in [0.717, 1.165) is 12.8 Å². The van der Waals surface area contributed by atoms with Crippen LogP contribution in [0.25, 0.3) is 0 Å². The van der Waals surface area contributed by atoms with Crippen molar-refractivity contribution >= 4 is 17.6 Å². The Balaban J connectivity index is 1.56. The number of likely N-dealkylation sites (tertiary alicyclic amines) is 1. The van der Waals surface area contributed by atoms with Crippen LogP contribution in [-0.2, 0) is 16.1 Å². The summed E-state index contributed by atoms with van der Waals surface area (Å²) in [5.41, 5.74) is 0. The maximum Gasteiger partial charge on any atom is 0.233 e. The van der Waals surface area contributed by atoms with Crippen molar-refractivity contribution in [3.05, 3.63) is 48.6 Å². The zero-order chi connectivity index (χ0) is 16.5. The van der Waals surface area contributed by atoms with Crippen LogP contribution in [0.3, 0.4) is 0 Å². The summed E-state index contributed by atoms with van der Waals surface area (Å²) < 4.78 is 5.39. The highest BCUT2D eigenvalue weighted by Gasteiger charge is 2.43. The number of aromatic nitrogens is 1. The molecule has 0 bridgehead atoms. The quantitative estimate of drug-likeness (QED) is 0.845. The Kier molecular flexibility index (Phi) is 3.80. The van der Waals surface area contributed by atoms with E-state index in [4.69, 9.17) is 4.42 Å². The molecule has 2 fully saturated rings. The molecule has 0 unspecified atom stereocenters. The highest BCUT2D eigenvalue weighted by molar-refractivity contribution is 5.98. The Labute approximate surface area is 140 Å². The van der Waals surface area contributed by atoms with E-state index in [9.17, 15) is 9.59 Å². The van der Waals surface area contributed by atoms with Gasteiger partial charge in [0.2, 0.25) is 11.8 Å². The number of carbonyl (C=O) groups is 2. The van der Waals surface area contributed by atoms with Crippen molar-refractivity contribution in [3.63, 3.8) is 0 Å². The Morgan fingerprint density at radius 1 is 1.29 bits per heavy atom. The van der Waals surface area contributed by atoms with Crippen LogP contribution in [0.1, 0.15) is 25.0 Å². The SMILES string of the molecule is O=C([C@@H]1CC(=O)N(C2CC2)C1)N(Cc1ccco1)c1ccccn1. The molecule has 0 radical (unpaired) electrons. The standard InChI is InChI=1S/C18H19N3O3/c22-17-10-13(11-20(17)14-6-7-14)18(23)21(12-15-4-3-9-24-15)16-5-1-2-8-19-16/h1-5,8-9,13-14H,6-7,10-12H2/t13-/m1/s1. The molecule has 6 heteroatoms. The molecule has 1 saturated heterocycles. The van der Waals surface area contributed by atoms with Crippen molar-refractivity contribution < 1.29 is 14.0 Å². The summed E-state index contributed by atoms with van der Waals surface area (Å²) in [5, 5.41) is 0. The number of pyridine rings is 1. The first-order valence-corrected chi connectivity index (χ1v) is 8.26. The molecule has 124 valence electrons. The lowest BCUT2D eigenvalue weighted by atomic mass is 10.1. The number of anilines is 1. The Bertz CT molecular complexity index is 725. The van der Waals surface area contributed by atoms with Crippen LogP contribution in [0.2, 0.25) is 0 Å². The summed E-state index contributed by atoms with van der Waals surface area (Å²) >= 11 is 0. The first kappa shape index (κ1) is 14.9. The molecule has 1 saturated carbocycles. The van der Waals surface area contributed by atoms with Gasteiger partial charge in [-0.15, -0.1) is 0 Å². The minimum Gasteiger partial charge on any atom is -0.467 e. The Hall–Kier alpha value is -2.63. The molecular formula is C18H19N3O3. The average Bonchev–Trinajstić information content (AvgIpc) is 3.17. The van der Waals surface area contributed by atoms with Gasteiger partial charge in [-0.05, 0) is 37.1 Å². The average molecular weight is 325 g/mol. The van der Waals surface area contributed by atoms with E-state index in [1.807, 2.05) is 23.1 Å². The van der Waals surface area contributed by atoms with E-state index >= 15 is 0 Å². The third-order valence-electron chi connectivity index (χ3n) is 4.58. The molecule has 1 aliphatic heterocycles. The molecule has 1 aliphatic carbocycles. The number of hydrogen-bond donors (Lipinski definition) is 0. The highest BCUT2D eigenvalue weighted by Crippen LogP contribution is 2.33. The van der Waals surface area contributed by atoms with Crippen molar-refractivity contribution in [2.45, 2.75) is 31.8 Å². The maximum atomic E-state index is 13.1. The summed E-state index contributed by atoms with van der Waals surface area (Å²) in [6.45, 7) is 0.834. The molecule has 3 heterocycles. The van der Waals surface area contributed by atoms with Gasteiger partial charge in [0.1, 0.15) is 11.6 Å². The molecule has 4 rings (SSSR count). The van der Waals surface area contributed by atoms with Gasteiger partial charge in [-0.2, -0.15) is 0 Å². The fourth-order valence-electron chi connectivity index (χ4n) is 3.20. The first-order chi connectivity index (χ1) is 11.7. The van der Waals surface area contributed by atoms with Gasteiger partial charge in [0.05, 0.1) is 18.7 Å². The van der Waals surface area contributed by atoms with Crippen molar-refractivity contribution in [2.24, 2.45) is 5.92 Å². The molecule has 2 aromatic heterocycles. The topological polar surface area (TPSA) is 66.7 Å². The summed E-state index contributed by atoms with van der Waals surface area (Å²) in [4.78, 5) is 33.0. The molecule has 0 N–H and O–H groups in total. The zero-order valence-electron chi connectivity index (χ0n) is 13.3. The van der Waals surface area contributed by atoms with E-state index in [0.29, 0.717) is 30.7 Å². The zero-order valence-corrected chi connectivity index (χ0v) is 13.3. The van der Waals surface area contributed by atoms with E-state index in [-0.39, 0.29) is 24.2 Å². The van der Waals surface area contributed by atoms with E-state index in [1.165, 1.54) is 0 Å². The fraction of sp³-hybridized carbons (Fsp3) is 0.389. The molecular weight excluding hydrogens is 306 g/mol. The van der Waals surface area contributed by atoms with Crippen LogP contribution in [0.5, 0.6) is 0 Å². The third kappa shape index (κ3) is 2.91. The third-order valence-corrected chi connectivity index (χ3v) is 4.58. The second-order valence-electron chi connectivity index (χ2n) is 6.37. The van der Waals surface area contributed by atoms with E-state index in [2.05, 4.69) is 4.98 Å². The van der Waals surface area contributed by atoms with Gasteiger partial charge in [0.25, 0.3) is 0 Å². The number of carbonyl (C=O) groups excluding carboxylic acids is 2. The van der Waals surface area contributed by atoms with Crippen LogP contribution >= 0.6 is 0 Å². The monoisotopic (exact) mass is 325 g/mol. The number of hydrogen-bond acceptors (Lipinski definition) is 4. The fourth-order valence-corrected chi connectivity index (χ4v) is 3.20. The number of rotatable bonds is 5. The normalized spacial score (nSPS) is 20.4. The number of amides is 2. The van der Waals surface area contributed by atoms with Gasteiger partial charge in [0, 0.05) is 25.2 Å². The lowest BCUT2D eigenvalue weighted by molar-refractivity contribution is -0.128. The largest absolute Gasteiger partial charge is 0.467 e. The van der Waals surface area contributed by atoms with Crippen LogP contribution in [0.4, 0.5) is 5.82 Å². The minimum absolute atomic E-state index is 0.0680. The van der Waals surface area contributed by atoms with Crippen molar-refractivity contribution in [1.82, 2.24) is 9.88 Å². The van der Waals surface area contributed by atoms with Crippen molar-refractivity contribution in [3.8, 4) is 0 Å². The highest BCUT2D eigenvalue weighted by atomic mass is 16.3. The van der Waals surface area contributed by atoms with Crippen LogP contribution in [-0.4, -0.2) is 34.3 Å². The number of nitrogens with zero attached hydrogens (tertiary/aromatic N) is 3. The van der Waals surface area contributed by atoms with Gasteiger partial charge < -0.3 is 9.32 Å². The summed E-state index contributed by atoms with van der Waals surface area (Å²) in [5.74, 6) is 0.986. The summed E-state index contributed by atoms with van der Waals surface area (Å²) in [6.07, 6.45) is 5.65. The minimum atomic E-state index is -0.310. The van der Waals surface area contributed by atoms with Crippen molar-refractivity contribution in [1.29, 1.82) is 0 Å². The molecule has 0 spiro atoms. The molecule has 24 heavy (non-hydrogen) atoms. The summed E-state index contributed by atoms with van der Waals surface area (Å²) in [6, 6.07) is 9.44. The van der Waals surface area contributed by atoms with E-state index in [1.54, 1.807) is 29.5 Å². The predicted molar refractivity (Wildman–Crippen MR) is 87.0 cm³/mol. The molecule has 1 atom stereocenters. The molecule has 6 nitrogen and oxygen atoms in total. The molecule has 0 aromatic carbocycles. The summed E-state index contributed by atoms with van der Waals surface area (Å²) in [7, 11) is 0. The Morgan fingerprint density at radius 2 is 2.17 bits per heavy atom. The van der Waals surface area contributed by atoms with E-state index < -0.39 is 0 Å². The lowest BCUT2D eigenvalue weighted by Crippen LogP contribution is -2.37. The van der Waals surface area contributed by atoms with Gasteiger partial charge in [0.15, 0.2) is 0 Å². The number of furan rings is 1. The predicted octanol–water partition coefficient (Wildman–Crippen LogP) is 2.22. The lowest BCUT2D eigenvalue weighted by Gasteiger charge is -2.24. The van der Waals surface area contributed by atoms with Gasteiger partial charge in [-0.25, -0.2) is 4.98 Å². The molecule has 2 aromatic rings. The second kappa shape index (κ2) is 6.11. The first-order valence-electron chi connectivity index (χ1n) is 8.26. The van der Waals surface area contributed by atoms with Crippen LogP contribution in [0, 0.1) is 5.92 Å². The maximum absolute atomic E-state index is 13.1. The van der Waals surface area contributed by atoms with Gasteiger partial charge in [-0.1, -0.05) is 6.07 Å². The second-order valence-corrected chi connectivity index (χ2v) is 6.37. The molecule has 2 amide bonds. The van der Waals surface area contributed by atoms with Gasteiger partial charge >= 0.3 is 0 Å². The Morgan fingerprint density at radius 3 is 2.83 bits per heavy atom. The van der Waals surface area contributed by atoms with Crippen molar-refractivity contribution in [2.75, 3.05) is 11.4 Å². The van der Waals surface area contributed by atoms with Crippen LogP contribution in [0.15, 0.2) is 47.2 Å². The van der Waals surface area contributed by atoms with Crippen LogP contribution < -0.4 is 4.90 Å². The molecule has 2 aliphatic rings. The van der Waals surface area contributed by atoms with Gasteiger partial charge in [-0.3, -0.25) is 14.5 Å².